The second-order valence-corrected chi connectivity index (χ2v) is 7.94. The van der Waals surface area contributed by atoms with Gasteiger partial charge < -0.3 is 14.4 Å². The van der Waals surface area contributed by atoms with Crippen LogP contribution in [0.4, 0.5) is 11.4 Å². The summed E-state index contributed by atoms with van der Waals surface area (Å²) in [6.45, 7) is 0.345. The molecule has 7 heteroatoms. The number of nitriles is 1. The van der Waals surface area contributed by atoms with E-state index < -0.39 is 0 Å². The molecular weight excluding hydrogens is 422 g/mol. The number of nitrogens with one attached hydrogen (secondary N) is 1. The molecule has 0 spiro atoms. The van der Waals surface area contributed by atoms with Crippen LogP contribution in [0, 0.1) is 11.3 Å². The number of nitrogens with zero attached hydrogens (tertiary/aromatic N) is 2. The van der Waals surface area contributed by atoms with Crippen molar-refractivity contribution < 1.29 is 14.3 Å². The summed E-state index contributed by atoms with van der Waals surface area (Å²) in [6.07, 6.45) is 1.85. The number of allylic oxidation sites excluding steroid dienone is 2. The van der Waals surface area contributed by atoms with Crippen LogP contribution in [0.5, 0.6) is 5.75 Å². The molecule has 1 N–H and O–H groups in total. The predicted octanol–water partition coefficient (Wildman–Crippen LogP) is 4.94. The van der Waals surface area contributed by atoms with Gasteiger partial charge >= 0.3 is 0 Å². The van der Waals surface area contributed by atoms with Crippen LogP contribution in [0.15, 0.2) is 78.2 Å². The minimum absolute atomic E-state index is 0.00663. The minimum Gasteiger partial charge on any atom is -0.450 e. The highest BCUT2D eigenvalue weighted by atomic mass is 32.2. The normalized spacial score (nSPS) is 14.6. The number of rotatable bonds is 3. The fraction of sp³-hybridized carbons (Fsp3) is 0.0800. The molecule has 0 amide bonds. The highest BCUT2D eigenvalue weighted by Gasteiger charge is 2.40. The second kappa shape index (κ2) is 7.91. The Balaban J connectivity index is 1.73. The molecule has 32 heavy (non-hydrogen) atoms. The number of carbonyl (C=O) groups is 2. The first-order valence-electron chi connectivity index (χ1n) is 9.91. The lowest BCUT2D eigenvalue weighted by Gasteiger charge is -2.29. The first-order chi connectivity index (χ1) is 15.6. The quantitative estimate of drug-likeness (QED) is 0.579. The van der Waals surface area contributed by atoms with Crippen molar-refractivity contribution in [3.63, 3.8) is 0 Å². The second-order valence-electron chi connectivity index (χ2n) is 7.32. The molecule has 0 unspecified atom stereocenters. The molecule has 0 saturated heterocycles. The molecule has 0 bridgehead atoms. The number of para-hydroxylation sites is 1. The van der Waals surface area contributed by atoms with E-state index in [1.54, 1.807) is 53.4 Å². The number of benzene rings is 3. The fourth-order valence-corrected chi connectivity index (χ4v) is 4.39. The number of hydrogen-bond acceptors (Lipinski definition) is 7. The highest BCUT2D eigenvalue weighted by Crippen LogP contribution is 2.40. The number of ether oxygens (including phenoxy) is 1. The minimum atomic E-state index is -0.345. The van der Waals surface area contributed by atoms with E-state index in [0.717, 1.165) is 5.56 Å². The summed E-state index contributed by atoms with van der Waals surface area (Å²) in [6, 6.07) is 21.7. The largest absolute Gasteiger partial charge is 0.450 e. The van der Waals surface area contributed by atoms with Gasteiger partial charge in [-0.25, -0.2) is 0 Å². The van der Waals surface area contributed by atoms with Gasteiger partial charge in [-0.2, -0.15) is 5.26 Å². The SMILES string of the molecule is CSNc1cccc2c1C(=O)C1=C(C2=O)N(c2ccc(C#N)cc2)Cc2ccccc2O1. The van der Waals surface area contributed by atoms with E-state index in [9.17, 15) is 9.59 Å². The van der Waals surface area contributed by atoms with Crippen LogP contribution < -0.4 is 14.4 Å². The third-order valence-corrected chi connectivity index (χ3v) is 5.90. The average Bonchev–Trinajstić information content (AvgIpc) is 3.00. The molecule has 2 aliphatic rings. The summed E-state index contributed by atoms with van der Waals surface area (Å²) >= 11 is 1.35. The third kappa shape index (κ3) is 3.13. The molecule has 3 aromatic rings. The number of Topliss-reactive ketones (excluding diaryl/α,β-unsaturated/α-hetero) is 2. The highest BCUT2D eigenvalue weighted by molar-refractivity contribution is 7.99. The summed E-state index contributed by atoms with van der Waals surface area (Å²) in [5, 5.41) is 9.16. The molecule has 0 saturated carbocycles. The first kappa shape index (κ1) is 19.9. The van der Waals surface area contributed by atoms with Crippen LogP contribution in [0.25, 0.3) is 0 Å². The number of carbonyl (C=O) groups excluding carboxylic acids is 2. The molecule has 0 fully saturated rings. The van der Waals surface area contributed by atoms with Crippen molar-refractivity contribution in [2.45, 2.75) is 6.54 Å². The zero-order valence-electron chi connectivity index (χ0n) is 17.1. The maximum Gasteiger partial charge on any atom is 0.233 e. The lowest BCUT2D eigenvalue weighted by atomic mass is 9.89. The van der Waals surface area contributed by atoms with Crippen molar-refractivity contribution in [3.05, 3.63) is 100 Å². The van der Waals surface area contributed by atoms with Gasteiger partial charge in [0.1, 0.15) is 11.4 Å². The zero-order valence-corrected chi connectivity index (χ0v) is 17.9. The van der Waals surface area contributed by atoms with E-state index in [-0.39, 0.29) is 23.0 Å². The summed E-state index contributed by atoms with van der Waals surface area (Å²) in [4.78, 5) is 29.2. The molecule has 0 aromatic heterocycles. The number of fused-ring (bicyclic) bond motifs is 2. The van der Waals surface area contributed by atoms with Crippen LogP contribution in [0.2, 0.25) is 0 Å². The molecular formula is C25H17N3O3S. The molecule has 6 nitrogen and oxygen atoms in total. The van der Waals surface area contributed by atoms with E-state index in [0.29, 0.717) is 40.4 Å². The lowest BCUT2D eigenvalue weighted by molar-refractivity contribution is 0.0936. The molecule has 156 valence electrons. The number of hydrogen-bond donors (Lipinski definition) is 1. The Bertz CT molecular complexity index is 1340. The van der Waals surface area contributed by atoms with Crippen LogP contribution in [-0.4, -0.2) is 17.8 Å². The monoisotopic (exact) mass is 439 g/mol. The number of anilines is 2. The molecule has 3 aromatic carbocycles. The Labute approximate surface area is 189 Å². The summed E-state index contributed by atoms with van der Waals surface area (Å²) in [5.74, 6) is -0.0816. The predicted molar refractivity (Wildman–Crippen MR) is 124 cm³/mol. The third-order valence-electron chi connectivity index (χ3n) is 5.48. The maximum atomic E-state index is 13.7. The molecule has 1 heterocycles. The van der Waals surface area contributed by atoms with Gasteiger partial charge in [-0.15, -0.1) is 0 Å². The van der Waals surface area contributed by atoms with Gasteiger partial charge in [0.2, 0.25) is 17.3 Å². The van der Waals surface area contributed by atoms with Gasteiger partial charge in [0.15, 0.2) is 0 Å². The Kier molecular flexibility index (Phi) is 4.92. The molecule has 1 aliphatic carbocycles. The van der Waals surface area contributed by atoms with Crippen molar-refractivity contribution in [1.29, 1.82) is 5.26 Å². The van der Waals surface area contributed by atoms with Gasteiger partial charge in [-0.05, 0) is 36.4 Å². The standard InChI is InChI=1S/C25H17N3O3S/c1-32-27-19-7-4-6-18-21(19)24(30)25-22(23(18)29)28(17-11-9-15(13-26)10-12-17)14-16-5-2-3-8-20(16)31-25/h2-12,27H,14H2,1H3. The van der Waals surface area contributed by atoms with Crippen LogP contribution in [-0.2, 0) is 6.54 Å². The van der Waals surface area contributed by atoms with Crippen molar-refractivity contribution >= 4 is 34.9 Å². The van der Waals surface area contributed by atoms with Crippen LogP contribution >= 0.6 is 11.9 Å². The van der Waals surface area contributed by atoms with Crippen LogP contribution in [0.3, 0.4) is 0 Å². The smallest absolute Gasteiger partial charge is 0.233 e. The van der Waals surface area contributed by atoms with Crippen molar-refractivity contribution in [3.8, 4) is 11.8 Å². The van der Waals surface area contributed by atoms with Crippen molar-refractivity contribution in [2.24, 2.45) is 0 Å². The van der Waals surface area contributed by atoms with E-state index in [1.807, 2.05) is 24.5 Å². The maximum absolute atomic E-state index is 13.7. The molecule has 0 radical (unpaired) electrons. The fourth-order valence-electron chi connectivity index (χ4n) is 4.00. The Morgan fingerprint density at radius 3 is 2.53 bits per heavy atom. The van der Waals surface area contributed by atoms with Crippen molar-refractivity contribution in [2.75, 3.05) is 15.9 Å². The van der Waals surface area contributed by atoms with Gasteiger partial charge in [0.05, 0.1) is 29.4 Å². The topological polar surface area (TPSA) is 82.4 Å². The van der Waals surface area contributed by atoms with Gasteiger partial charge in [-0.1, -0.05) is 42.3 Å². The average molecular weight is 439 g/mol. The van der Waals surface area contributed by atoms with E-state index in [2.05, 4.69) is 10.8 Å². The van der Waals surface area contributed by atoms with Crippen molar-refractivity contribution in [1.82, 2.24) is 0 Å². The van der Waals surface area contributed by atoms with Crippen LogP contribution in [0.1, 0.15) is 31.8 Å². The van der Waals surface area contributed by atoms with E-state index in [1.165, 1.54) is 11.9 Å². The summed E-state index contributed by atoms with van der Waals surface area (Å²) in [5.41, 5.74) is 3.47. The Morgan fingerprint density at radius 1 is 1.00 bits per heavy atom. The molecule has 5 rings (SSSR count). The summed E-state index contributed by atoms with van der Waals surface area (Å²) < 4.78 is 9.20. The van der Waals surface area contributed by atoms with E-state index in [4.69, 9.17) is 10.00 Å². The zero-order chi connectivity index (χ0) is 22.2. The first-order valence-corrected chi connectivity index (χ1v) is 11.1. The number of ketones is 2. The van der Waals surface area contributed by atoms with Gasteiger partial charge in [0.25, 0.3) is 0 Å². The Hall–Kier alpha value is -4.02. The molecule has 0 atom stereocenters. The Morgan fingerprint density at radius 2 is 1.78 bits per heavy atom. The lowest BCUT2D eigenvalue weighted by Crippen LogP contribution is -2.34. The van der Waals surface area contributed by atoms with E-state index >= 15 is 0 Å². The van der Waals surface area contributed by atoms with Gasteiger partial charge in [-0.3, -0.25) is 9.59 Å². The van der Waals surface area contributed by atoms with Gasteiger partial charge in [0, 0.05) is 23.1 Å². The molecule has 1 aliphatic heterocycles. The summed E-state index contributed by atoms with van der Waals surface area (Å²) in [7, 11) is 0.